The Bertz CT molecular complexity index is 977. The second kappa shape index (κ2) is 6.29. The van der Waals surface area contributed by atoms with Gasteiger partial charge in [0.05, 0.1) is 30.6 Å². The summed E-state index contributed by atoms with van der Waals surface area (Å²) in [4.78, 5) is 21.7. The first-order valence-electron chi connectivity index (χ1n) is 8.43. The van der Waals surface area contributed by atoms with Gasteiger partial charge in [-0.05, 0) is 25.5 Å². The van der Waals surface area contributed by atoms with E-state index in [1.807, 2.05) is 29.8 Å². The van der Waals surface area contributed by atoms with Crippen molar-refractivity contribution in [2.45, 2.75) is 38.9 Å². The Hall–Kier alpha value is -2.74. The van der Waals surface area contributed by atoms with Gasteiger partial charge in [0.1, 0.15) is 11.6 Å². The van der Waals surface area contributed by atoms with Crippen LogP contribution in [0.2, 0.25) is 0 Å². The highest BCUT2D eigenvalue weighted by atomic mass is 16.3. The maximum Gasteiger partial charge on any atom is 0.262 e. The van der Waals surface area contributed by atoms with Crippen LogP contribution >= 0.6 is 0 Å². The summed E-state index contributed by atoms with van der Waals surface area (Å²) in [6, 6.07) is 7.36. The molecule has 8 heteroatoms. The number of anilines is 1. The van der Waals surface area contributed by atoms with Gasteiger partial charge in [0.15, 0.2) is 0 Å². The van der Waals surface area contributed by atoms with Crippen LogP contribution in [-0.4, -0.2) is 42.1 Å². The molecule has 0 aliphatic carbocycles. The molecule has 1 atom stereocenters. The van der Waals surface area contributed by atoms with E-state index in [0.29, 0.717) is 23.4 Å². The lowest BCUT2D eigenvalue weighted by atomic mass is 10.1. The number of aryl methyl sites for hydroxylation is 2. The van der Waals surface area contributed by atoms with E-state index in [2.05, 4.69) is 20.4 Å². The van der Waals surface area contributed by atoms with Crippen LogP contribution in [-0.2, 0) is 19.5 Å². The SMILES string of the molecule is Cc1nc2n(n1)CC(Nc1nc3ccccc3c(=O)n1CCO)CC2. The molecule has 0 spiro atoms. The summed E-state index contributed by atoms with van der Waals surface area (Å²) in [6.45, 7) is 2.65. The highest BCUT2D eigenvalue weighted by Crippen LogP contribution is 2.18. The molecule has 0 fully saturated rings. The molecule has 25 heavy (non-hydrogen) atoms. The van der Waals surface area contributed by atoms with Gasteiger partial charge < -0.3 is 10.4 Å². The number of para-hydroxylation sites is 1. The molecule has 1 unspecified atom stereocenters. The first-order chi connectivity index (χ1) is 12.2. The average molecular weight is 340 g/mol. The number of hydrogen-bond donors (Lipinski definition) is 2. The van der Waals surface area contributed by atoms with Crippen molar-refractivity contribution in [3.8, 4) is 0 Å². The van der Waals surface area contributed by atoms with Gasteiger partial charge >= 0.3 is 0 Å². The van der Waals surface area contributed by atoms with Crippen molar-refractivity contribution in [2.75, 3.05) is 11.9 Å². The minimum atomic E-state index is -0.143. The second-order valence-corrected chi connectivity index (χ2v) is 6.27. The molecule has 130 valence electrons. The molecule has 0 bridgehead atoms. The van der Waals surface area contributed by atoms with Crippen molar-refractivity contribution in [1.29, 1.82) is 0 Å². The van der Waals surface area contributed by atoms with Gasteiger partial charge in [-0.2, -0.15) is 5.10 Å². The van der Waals surface area contributed by atoms with Gasteiger partial charge in [0, 0.05) is 12.5 Å². The monoisotopic (exact) mass is 340 g/mol. The average Bonchev–Trinajstić information content (AvgIpc) is 2.98. The molecule has 8 nitrogen and oxygen atoms in total. The second-order valence-electron chi connectivity index (χ2n) is 6.27. The van der Waals surface area contributed by atoms with Crippen molar-refractivity contribution in [3.63, 3.8) is 0 Å². The molecule has 0 saturated heterocycles. The van der Waals surface area contributed by atoms with E-state index >= 15 is 0 Å². The fraction of sp³-hybridized carbons (Fsp3) is 0.412. The third-order valence-corrected chi connectivity index (χ3v) is 4.48. The summed E-state index contributed by atoms with van der Waals surface area (Å²) in [5.41, 5.74) is 0.507. The number of aromatic nitrogens is 5. The minimum Gasteiger partial charge on any atom is -0.395 e. The molecular weight excluding hydrogens is 320 g/mol. The van der Waals surface area contributed by atoms with Gasteiger partial charge in [-0.15, -0.1) is 0 Å². The number of benzene rings is 1. The van der Waals surface area contributed by atoms with Crippen LogP contribution in [0.15, 0.2) is 29.1 Å². The fourth-order valence-electron chi connectivity index (χ4n) is 3.32. The molecule has 0 saturated carbocycles. The first kappa shape index (κ1) is 15.8. The summed E-state index contributed by atoms with van der Waals surface area (Å²) in [5, 5.41) is 17.7. The van der Waals surface area contributed by atoms with E-state index in [9.17, 15) is 9.90 Å². The lowest BCUT2D eigenvalue weighted by Crippen LogP contribution is -2.35. The van der Waals surface area contributed by atoms with Crippen LogP contribution in [0.1, 0.15) is 18.1 Å². The van der Waals surface area contributed by atoms with E-state index in [-0.39, 0.29) is 24.8 Å². The van der Waals surface area contributed by atoms with Crippen LogP contribution < -0.4 is 10.9 Å². The van der Waals surface area contributed by atoms with Gasteiger partial charge in [0.2, 0.25) is 5.95 Å². The lowest BCUT2D eigenvalue weighted by molar-refractivity contribution is 0.274. The highest BCUT2D eigenvalue weighted by molar-refractivity contribution is 5.78. The summed E-state index contributed by atoms with van der Waals surface area (Å²) in [7, 11) is 0. The van der Waals surface area contributed by atoms with E-state index in [4.69, 9.17) is 0 Å². The number of hydrogen-bond acceptors (Lipinski definition) is 6. The lowest BCUT2D eigenvalue weighted by Gasteiger charge is -2.25. The molecule has 0 amide bonds. The maximum atomic E-state index is 12.7. The Balaban J connectivity index is 1.69. The van der Waals surface area contributed by atoms with Crippen molar-refractivity contribution >= 4 is 16.9 Å². The smallest absolute Gasteiger partial charge is 0.262 e. The molecule has 2 N–H and O–H groups in total. The topological polar surface area (TPSA) is 97.9 Å². The maximum absolute atomic E-state index is 12.7. The number of aliphatic hydroxyl groups is 1. The van der Waals surface area contributed by atoms with E-state index in [1.54, 1.807) is 6.07 Å². The summed E-state index contributed by atoms with van der Waals surface area (Å²) in [6.07, 6.45) is 1.72. The van der Waals surface area contributed by atoms with E-state index < -0.39 is 0 Å². The van der Waals surface area contributed by atoms with Gasteiger partial charge in [-0.25, -0.2) is 14.6 Å². The fourth-order valence-corrected chi connectivity index (χ4v) is 3.32. The van der Waals surface area contributed by atoms with Crippen LogP contribution in [0.4, 0.5) is 5.95 Å². The number of aliphatic hydroxyl groups excluding tert-OH is 1. The standard InChI is InChI=1S/C17H20N6O2/c1-11-18-15-7-6-12(10-23(15)21-11)19-17-20-14-5-3-2-4-13(14)16(25)22(17)8-9-24/h2-5,12,24H,6-10H2,1H3,(H,19,20). The van der Waals surface area contributed by atoms with E-state index in [1.165, 1.54) is 4.57 Å². The summed E-state index contributed by atoms with van der Waals surface area (Å²) in [5.74, 6) is 2.26. The minimum absolute atomic E-state index is 0.103. The summed E-state index contributed by atoms with van der Waals surface area (Å²) >= 11 is 0. The zero-order valence-electron chi connectivity index (χ0n) is 14.0. The van der Waals surface area contributed by atoms with E-state index in [0.717, 1.165) is 24.5 Å². The van der Waals surface area contributed by atoms with Crippen LogP contribution in [0.3, 0.4) is 0 Å². The van der Waals surface area contributed by atoms with Crippen molar-refractivity contribution < 1.29 is 5.11 Å². The molecule has 2 aromatic heterocycles. The third-order valence-electron chi connectivity index (χ3n) is 4.48. The number of fused-ring (bicyclic) bond motifs is 2. The third kappa shape index (κ3) is 2.89. The normalized spacial score (nSPS) is 16.8. The Labute approximate surface area is 144 Å². The number of nitrogens with one attached hydrogen (secondary N) is 1. The van der Waals surface area contributed by atoms with Gasteiger partial charge in [0.25, 0.3) is 5.56 Å². The van der Waals surface area contributed by atoms with Crippen LogP contribution in [0, 0.1) is 6.92 Å². The Morgan fingerprint density at radius 2 is 2.16 bits per heavy atom. The molecule has 1 aromatic carbocycles. The van der Waals surface area contributed by atoms with Crippen molar-refractivity contribution in [2.24, 2.45) is 0 Å². The molecule has 1 aliphatic rings. The Morgan fingerprint density at radius 1 is 1.32 bits per heavy atom. The van der Waals surface area contributed by atoms with Crippen LogP contribution in [0.25, 0.3) is 10.9 Å². The zero-order valence-corrected chi connectivity index (χ0v) is 14.0. The number of rotatable bonds is 4. The predicted molar refractivity (Wildman–Crippen MR) is 93.6 cm³/mol. The van der Waals surface area contributed by atoms with Crippen LogP contribution in [0.5, 0.6) is 0 Å². The Morgan fingerprint density at radius 3 is 3.00 bits per heavy atom. The van der Waals surface area contributed by atoms with Gasteiger partial charge in [-0.3, -0.25) is 9.36 Å². The summed E-state index contributed by atoms with van der Waals surface area (Å²) < 4.78 is 3.41. The molecular formula is C17H20N6O2. The highest BCUT2D eigenvalue weighted by Gasteiger charge is 2.22. The van der Waals surface area contributed by atoms with Gasteiger partial charge in [-0.1, -0.05) is 12.1 Å². The quantitative estimate of drug-likeness (QED) is 0.726. The molecule has 3 heterocycles. The number of nitrogens with zero attached hydrogens (tertiary/aromatic N) is 5. The van der Waals surface area contributed by atoms with Crippen molar-refractivity contribution in [1.82, 2.24) is 24.3 Å². The predicted octanol–water partition coefficient (Wildman–Crippen LogP) is 0.716. The Kier molecular flexibility index (Phi) is 3.96. The molecule has 3 aromatic rings. The molecule has 1 aliphatic heterocycles. The van der Waals surface area contributed by atoms with Crippen molar-refractivity contribution in [3.05, 3.63) is 46.3 Å². The largest absolute Gasteiger partial charge is 0.395 e. The first-order valence-corrected chi connectivity index (χ1v) is 8.43. The molecule has 0 radical (unpaired) electrons. The zero-order chi connectivity index (χ0) is 17.4. The molecule has 4 rings (SSSR count).